The van der Waals surface area contributed by atoms with E-state index in [4.69, 9.17) is 22.2 Å². The van der Waals surface area contributed by atoms with Gasteiger partial charge in [0, 0.05) is 19.3 Å². The van der Waals surface area contributed by atoms with Crippen molar-refractivity contribution in [1.29, 1.82) is 0 Å². The number of rotatable bonds is 4. The molecule has 1 unspecified atom stereocenters. The summed E-state index contributed by atoms with van der Waals surface area (Å²) in [5, 5.41) is 4.15. The number of amides is 1. The normalized spacial score (nSPS) is 12.5. The number of nitrogens with two attached hydrogens (primary N) is 1. The summed E-state index contributed by atoms with van der Waals surface area (Å²) >= 11 is 5.76. The highest BCUT2D eigenvalue weighted by Crippen LogP contribution is 2.12. The van der Waals surface area contributed by atoms with Gasteiger partial charge >= 0.3 is 0 Å². The third-order valence-electron chi connectivity index (χ3n) is 1.51. The van der Waals surface area contributed by atoms with Crippen LogP contribution in [0.25, 0.3) is 0 Å². The van der Waals surface area contributed by atoms with Gasteiger partial charge < -0.3 is 5.73 Å². The lowest BCUT2D eigenvalue weighted by Gasteiger charge is -2.06. The summed E-state index contributed by atoms with van der Waals surface area (Å²) < 4.78 is 1.45. The molecule has 1 atom stereocenters. The van der Waals surface area contributed by atoms with Crippen LogP contribution in [0.2, 0.25) is 5.02 Å². The van der Waals surface area contributed by atoms with Crippen LogP contribution < -0.4 is 11.2 Å². The first-order chi connectivity index (χ1) is 7.00. The molecule has 1 amide bonds. The maximum Gasteiger partial charge on any atom is 0.296 e. The average molecular weight is 233 g/mol. The number of nitrogens with one attached hydrogen (secondary N) is 1. The van der Waals surface area contributed by atoms with Gasteiger partial charge in [-0.1, -0.05) is 11.6 Å². The fourth-order valence-electron chi connectivity index (χ4n) is 0.900. The maximum absolute atomic E-state index is 11.4. The lowest BCUT2D eigenvalue weighted by Crippen LogP contribution is -2.31. The monoisotopic (exact) mass is 232 g/mol. The molecule has 0 aliphatic heterocycles. The molecule has 0 aromatic carbocycles. The molecule has 1 aromatic heterocycles. The van der Waals surface area contributed by atoms with Gasteiger partial charge in [0.2, 0.25) is 0 Å². The number of carbonyl (C=O) groups is 1. The number of halogens is 1. The molecule has 0 bridgehead atoms. The number of aromatic nitrogens is 2. The van der Waals surface area contributed by atoms with Crippen molar-refractivity contribution in [2.75, 3.05) is 6.61 Å². The van der Waals surface area contributed by atoms with Gasteiger partial charge in [-0.2, -0.15) is 5.10 Å². The van der Waals surface area contributed by atoms with E-state index in [9.17, 15) is 4.79 Å². The first-order valence-corrected chi connectivity index (χ1v) is 4.75. The summed E-state index contributed by atoms with van der Waals surface area (Å²) in [6.07, 6.45) is 1.53. The molecule has 1 aromatic rings. The molecule has 0 saturated carbocycles. The predicted octanol–water partition coefficient (Wildman–Crippen LogP) is 0.0821. The maximum atomic E-state index is 11.4. The number of hydroxylamine groups is 1. The van der Waals surface area contributed by atoms with Crippen LogP contribution >= 0.6 is 11.6 Å². The molecule has 3 N–H and O–H groups in total. The van der Waals surface area contributed by atoms with Crippen LogP contribution in [0.1, 0.15) is 17.4 Å². The highest BCUT2D eigenvalue weighted by molar-refractivity contribution is 6.33. The SMILES string of the molecule is CC(N)CONC(=O)c1nn(C)cc1Cl. The fourth-order valence-corrected chi connectivity index (χ4v) is 1.17. The van der Waals surface area contributed by atoms with Crippen LogP contribution in [0.5, 0.6) is 0 Å². The molecule has 15 heavy (non-hydrogen) atoms. The number of hydrogen-bond donors (Lipinski definition) is 2. The van der Waals surface area contributed by atoms with Crippen molar-refractivity contribution >= 4 is 17.5 Å². The van der Waals surface area contributed by atoms with Crippen LogP contribution in [0.4, 0.5) is 0 Å². The predicted molar refractivity (Wildman–Crippen MR) is 55.3 cm³/mol. The van der Waals surface area contributed by atoms with E-state index in [1.165, 1.54) is 10.9 Å². The molecule has 0 fully saturated rings. The van der Waals surface area contributed by atoms with Crippen LogP contribution in [0.3, 0.4) is 0 Å². The first kappa shape index (κ1) is 12.0. The second-order valence-electron chi connectivity index (χ2n) is 3.22. The smallest absolute Gasteiger partial charge is 0.296 e. The summed E-state index contributed by atoms with van der Waals surface area (Å²) in [7, 11) is 1.67. The van der Waals surface area contributed by atoms with E-state index in [1.54, 1.807) is 14.0 Å². The quantitative estimate of drug-likeness (QED) is 0.721. The van der Waals surface area contributed by atoms with Crippen molar-refractivity contribution in [3.05, 3.63) is 16.9 Å². The fraction of sp³-hybridized carbons (Fsp3) is 0.500. The van der Waals surface area contributed by atoms with Crippen LogP contribution in [-0.2, 0) is 11.9 Å². The summed E-state index contributed by atoms with van der Waals surface area (Å²) in [6, 6.07) is -0.149. The zero-order chi connectivity index (χ0) is 11.4. The second-order valence-corrected chi connectivity index (χ2v) is 3.63. The van der Waals surface area contributed by atoms with Crippen molar-refractivity contribution in [1.82, 2.24) is 15.3 Å². The summed E-state index contributed by atoms with van der Waals surface area (Å²) in [6.45, 7) is 2.00. The van der Waals surface area contributed by atoms with Gasteiger partial charge in [0.25, 0.3) is 5.91 Å². The molecule has 1 heterocycles. The molecule has 0 aliphatic rings. The molecule has 0 saturated heterocycles. The van der Waals surface area contributed by atoms with Crippen molar-refractivity contribution in [3.63, 3.8) is 0 Å². The summed E-state index contributed by atoms with van der Waals surface area (Å²) in [4.78, 5) is 16.3. The van der Waals surface area contributed by atoms with Crippen molar-refractivity contribution in [3.8, 4) is 0 Å². The van der Waals surface area contributed by atoms with Gasteiger partial charge in [0.05, 0.1) is 11.6 Å². The molecule has 84 valence electrons. The molecule has 0 aliphatic carbocycles. The Balaban J connectivity index is 2.50. The van der Waals surface area contributed by atoms with E-state index in [2.05, 4.69) is 10.6 Å². The average Bonchev–Trinajstić information content (AvgIpc) is 2.44. The largest absolute Gasteiger partial charge is 0.326 e. The highest BCUT2D eigenvalue weighted by atomic mass is 35.5. The van der Waals surface area contributed by atoms with Gasteiger partial charge in [-0.15, -0.1) is 0 Å². The third-order valence-corrected chi connectivity index (χ3v) is 1.79. The molecule has 1 rings (SSSR count). The Morgan fingerprint density at radius 2 is 2.53 bits per heavy atom. The van der Waals surface area contributed by atoms with E-state index >= 15 is 0 Å². The zero-order valence-electron chi connectivity index (χ0n) is 8.53. The Labute approximate surface area is 92.3 Å². The van der Waals surface area contributed by atoms with Crippen molar-refractivity contribution < 1.29 is 9.63 Å². The topological polar surface area (TPSA) is 82.2 Å². The molecule has 0 radical (unpaired) electrons. The van der Waals surface area contributed by atoms with Crippen LogP contribution in [0.15, 0.2) is 6.20 Å². The highest BCUT2D eigenvalue weighted by Gasteiger charge is 2.14. The molecular formula is C8H13ClN4O2. The van der Waals surface area contributed by atoms with Crippen molar-refractivity contribution in [2.24, 2.45) is 12.8 Å². The van der Waals surface area contributed by atoms with Crippen molar-refractivity contribution in [2.45, 2.75) is 13.0 Å². The van der Waals surface area contributed by atoms with Gasteiger partial charge in [-0.25, -0.2) is 5.48 Å². The van der Waals surface area contributed by atoms with E-state index in [-0.39, 0.29) is 23.4 Å². The number of hydrogen-bond acceptors (Lipinski definition) is 4. The van der Waals surface area contributed by atoms with Gasteiger partial charge in [-0.05, 0) is 6.92 Å². The minimum absolute atomic E-state index is 0.129. The van der Waals surface area contributed by atoms with Gasteiger partial charge in [0.1, 0.15) is 0 Å². The van der Waals surface area contributed by atoms with Crippen LogP contribution in [-0.4, -0.2) is 28.3 Å². The molecule has 0 spiro atoms. The van der Waals surface area contributed by atoms with Gasteiger partial charge in [-0.3, -0.25) is 14.3 Å². The van der Waals surface area contributed by atoms with Crippen LogP contribution in [0, 0.1) is 0 Å². The summed E-state index contributed by atoms with van der Waals surface area (Å²) in [5.41, 5.74) is 7.76. The van der Waals surface area contributed by atoms with E-state index in [0.29, 0.717) is 0 Å². The van der Waals surface area contributed by atoms with Gasteiger partial charge in [0.15, 0.2) is 5.69 Å². The number of aryl methyl sites for hydroxylation is 1. The number of carbonyl (C=O) groups excluding carboxylic acids is 1. The van der Waals surface area contributed by atoms with E-state index < -0.39 is 5.91 Å². The second kappa shape index (κ2) is 5.11. The Morgan fingerprint density at radius 1 is 1.87 bits per heavy atom. The number of nitrogens with zero attached hydrogens (tertiary/aromatic N) is 2. The standard InChI is InChI=1S/C8H13ClN4O2/c1-5(10)4-15-12-8(14)7-6(9)3-13(2)11-7/h3,5H,4,10H2,1-2H3,(H,12,14). The minimum atomic E-state index is -0.485. The van der Waals surface area contributed by atoms with E-state index in [1.807, 2.05) is 0 Å². The Hall–Kier alpha value is -1.11. The minimum Gasteiger partial charge on any atom is -0.326 e. The zero-order valence-corrected chi connectivity index (χ0v) is 9.28. The lowest BCUT2D eigenvalue weighted by molar-refractivity contribution is 0.0271. The molecule has 6 nitrogen and oxygen atoms in total. The lowest BCUT2D eigenvalue weighted by atomic mass is 10.4. The van der Waals surface area contributed by atoms with E-state index in [0.717, 1.165) is 0 Å². The molecular weight excluding hydrogens is 220 g/mol. The Morgan fingerprint density at radius 3 is 3.00 bits per heavy atom. The Kier molecular flexibility index (Phi) is 4.07. The first-order valence-electron chi connectivity index (χ1n) is 4.37. The third kappa shape index (κ3) is 3.50. The summed E-state index contributed by atoms with van der Waals surface area (Å²) in [5.74, 6) is -0.485. The Bertz CT molecular complexity index is 350. The molecule has 7 heteroatoms.